The molecule has 0 unspecified atom stereocenters. The molecule has 4 aromatic rings. The molecule has 0 atom stereocenters. The van der Waals surface area contributed by atoms with Gasteiger partial charge in [0.05, 0.1) is 9.79 Å². The Labute approximate surface area is 156 Å². The molecule has 0 amide bonds. The third kappa shape index (κ3) is 2.58. The standard InChI is InChI=1S/C20H17N3O3S/c24-27(25,14-5-2-1-3-6-14)15-11-16-17-13-21-9-7-19(17)26-20(16)18(12-15)23-10-4-8-22-23/h1-6,8,10-12,21H,7,9,13H2. The molecule has 5 rings (SSSR count). The van der Waals surface area contributed by atoms with Crippen LogP contribution in [0.2, 0.25) is 0 Å². The Morgan fingerprint density at radius 3 is 2.70 bits per heavy atom. The highest BCUT2D eigenvalue weighted by Gasteiger charge is 2.25. The number of hydrogen-bond acceptors (Lipinski definition) is 5. The fourth-order valence-corrected chi connectivity index (χ4v) is 4.86. The lowest BCUT2D eigenvalue weighted by Gasteiger charge is -2.11. The summed E-state index contributed by atoms with van der Waals surface area (Å²) in [6.07, 6.45) is 4.23. The lowest BCUT2D eigenvalue weighted by atomic mass is 10.1. The molecule has 0 bridgehead atoms. The monoisotopic (exact) mass is 379 g/mol. The Kier molecular flexibility index (Phi) is 3.66. The van der Waals surface area contributed by atoms with Gasteiger partial charge in [-0.1, -0.05) is 18.2 Å². The molecule has 0 saturated carbocycles. The highest BCUT2D eigenvalue weighted by atomic mass is 32.2. The van der Waals surface area contributed by atoms with Crippen molar-refractivity contribution in [2.75, 3.05) is 6.54 Å². The number of benzene rings is 2. The van der Waals surface area contributed by atoms with E-state index in [-0.39, 0.29) is 9.79 Å². The summed E-state index contributed by atoms with van der Waals surface area (Å²) in [4.78, 5) is 0.507. The second-order valence-corrected chi connectivity index (χ2v) is 8.47. The summed E-state index contributed by atoms with van der Waals surface area (Å²) in [7, 11) is -3.65. The molecule has 27 heavy (non-hydrogen) atoms. The van der Waals surface area contributed by atoms with Gasteiger partial charge in [-0.25, -0.2) is 13.1 Å². The van der Waals surface area contributed by atoms with Crippen LogP contribution in [-0.2, 0) is 22.8 Å². The maximum Gasteiger partial charge on any atom is 0.206 e. The second kappa shape index (κ2) is 6.07. The zero-order valence-electron chi connectivity index (χ0n) is 14.4. The number of sulfone groups is 1. The number of nitrogens with zero attached hydrogens (tertiary/aromatic N) is 2. The van der Waals surface area contributed by atoms with E-state index in [0.717, 1.165) is 29.7 Å². The Morgan fingerprint density at radius 1 is 1.07 bits per heavy atom. The first-order valence-corrected chi connectivity index (χ1v) is 10.2. The van der Waals surface area contributed by atoms with E-state index in [4.69, 9.17) is 4.42 Å². The van der Waals surface area contributed by atoms with Gasteiger partial charge in [-0.05, 0) is 30.3 Å². The van der Waals surface area contributed by atoms with Crippen LogP contribution in [0.4, 0.5) is 0 Å². The molecule has 0 saturated heterocycles. The molecule has 0 fully saturated rings. The molecule has 6 nitrogen and oxygen atoms in total. The molecule has 0 spiro atoms. The van der Waals surface area contributed by atoms with Gasteiger partial charge < -0.3 is 9.73 Å². The van der Waals surface area contributed by atoms with Crippen LogP contribution in [0, 0.1) is 0 Å². The van der Waals surface area contributed by atoms with Crippen molar-refractivity contribution in [2.24, 2.45) is 0 Å². The Hall–Kier alpha value is -2.90. The van der Waals surface area contributed by atoms with Gasteiger partial charge in [-0.15, -0.1) is 0 Å². The van der Waals surface area contributed by atoms with E-state index in [1.807, 2.05) is 0 Å². The lowest BCUT2D eigenvalue weighted by Crippen LogP contribution is -2.22. The largest absolute Gasteiger partial charge is 0.458 e. The maximum atomic E-state index is 13.2. The fourth-order valence-electron chi connectivity index (χ4n) is 3.54. The number of hydrogen-bond donors (Lipinski definition) is 1. The summed E-state index contributed by atoms with van der Waals surface area (Å²) in [5.74, 6) is 0.909. The summed E-state index contributed by atoms with van der Waals surface area (Å²) in [6, 6.07) is 13.6. The molecule has 0 aliphatic carbocycles. The minimum Gasteiger partial charge on any atom is -0.458 e. The molecule has 2 aromatic carbocycles. The molecule has 0 radical (unpaired) electrons. The van der Waals surface area contributed by atoms with Crippen molar-refractivity contribution in [1.29, 1.82) is 0 Å². The van der Waals surface area contributed by atoms with Crippen LogP contribution in [-0.4, -0.2) is 24.7 Å². The lowest BCUT2D eigenvalue weighted by molar-refractivity contribution is 0.499. The normalized spacial score (nSPS) is 14.4. The molecular weight excluding hydrogens is 362 g/mol. The van der Waals surface area contributed by atoms with Crippen LogP contribution in [0.1, 0.15) is 11.3 Å². The van der Waals surface area contributed by atoms with E-state index in [1.54, 1.807) is 65.6 Å². The molecule has 1 N–H and O–H groups in total. The minimum atomic E-state index is -3.65. The summed E-state index contributed by atoms with van der Waals surface area (Å²) in [6.45, 7) is 1.51. The average molecular weight is 379 g/mol. The number of nitrogens with one attached hydrogen (secondary N) is 1. The summed E-state index contributed by atoms with van der Waals surface area (Å²) < 4.78 is 34.2. The van der Waals surface area contributed by atoms with Gasteiger partial charge in [-0.3, -0.25) is 0 Å². The van der Waals surface area contributed by atoms with Gasteiger partial charge in [-0.2, -0.15) is 5.10 Å². The Morgan fingerprint density at radius 2 is 1.93 bits per heavy atom. The molecule has 136 valence electrons. The van der Waals surface area contributed by atoms with E-state index >= 15 is 0 Å². The summed E-state index contributed by atoms with van der Waals surface area (Å²) >= 11 is 0. The smallest absolute Gasteiger partial charge is 0.206 e. The maximum absolute atomic E-state index is 13.2. The fraction of sp³-hybridized carbons (Fsp3) is 0.150. The van der Waals surface area contributed by atoms with E-state index in [1.165, 1.54) is 0 Å². The molecule has 1 aliphatic heterocycles. The van der Waals surface area contributed by atoms with Crippen molar-refractivity contribution in [1.82, 2.24) is 15.1 Å². The van der Waals surface area contributed by atoms with Crippen LogP contribution in [0.25, 0.3) is 16.7 Å². The zero-order valence-corrected chi connectivity index (χ0v) is 15.2. The van der Waals surface area contributed by atoms with Gasteiger partial charge in [0.2, 0.25) is 9.84 Å². The minimum absolute atomic E-state index is 0.237. The van der Waals surface area contributed by atoms with Crippen molar-refractivity contribution in [2.45, 2.75) is 22.8 Å². The van der Waals surface area contributed by atoms with Gasteiger partial charge in [0.1, 0.15) is 11.4 Å². The van der Waals surface area contributed by atoms with E-state index < -0.39 is 9.84 Å². The van der Waals surface area contributed by atoms with E-state index in [2.05, 4.69) is 10.4 Å². The van der Waals surface area contributed by atoms with Crippen molar-refractivity contribution < 1.29 is 12.8 Å². The number of rotatable bonds is 3. The summed E-state index contributed by atoms with van der Waals surface area (Å²) in [5, 5.41) is 8.44. The number of fused-ring (bicyclic) bond motifs is 3. The van der Waals surface area contributed by atoms with Gasteiger partial charge in [0, 0.05) is 42.9 Å². The first-order valence-electron chi connectivity index (χ1n) is 8.74. The van der Waals surface area contributed by atoms with Crippen molar-refractivity contribution in [3.8, 4) is 5.69 Å². The molecule has 3 heterocycles. The van der Waals surface area contributed by atoms with Crippen LogP contribution >= 0.6 is 0 Å². The van der Waals surface area contributed by atoms with Crippen LogP contribution in [0.3, 0.4) is 0 Å². The first-order chi connectivity index (χ1) is 13.1. The number of aromatic nitrogens is 2. The van der Waals surface area contributed by atoms with E-state index in [0.29, 0.717) is 17.8 Å². The third-order valence-electron chi connectivity index (χ3n) is 4.88. The average Bonchev–Trinajstić information content (AvgIpc) is 3.36. The predicted molar refractivity (Wildman–Crippen MR) is 101 cm³/mol. The van der Waals surface area contributed by atoms with Gasteiger partial charge in [0.15, 0.2) is 5.58 Å². The quantitative estimate of drug-likeness (QED) is 0.592. The molecule has 7 heteroatoms. The highest BCUT2D eigenvalue weighted by molar-refractivity contribution is 7.91. The Balaban J connectivity index is 1.82. The van der Waals surface area contributed by atoms with Crippen molar-refractivity contribution in [3.63, 3.8) is 0 Å². The summed E-state index contributed by atoms with van der Waals surface area (Å²) in [5.41, 5.74) is 2.32. The molecular formula is C20H17N3O3S. The second-order valence-electron chi connectivity index (χ2n) is 6.52. The topological polar surface area (TPSA) is 77.1 Å². The first kappa shape index (κ1) is 16.3. The van der Waals surface area contributed by atoms with Crippen molar-refractivity contribution in [3.05, 3.63) is 72.2 Å². The van der Waals surface area contributed by atoms with Gasteiger partial charge in [0.25, 0.3) is 0 Å². The number of furan rings is 1. The van der Waals surface area contributed by atoms with Crippen LogP contribution < -0.4 is 5.32 Å². The van der Waals surface area contributed by atoms with E-state index in [9.17, 15) is 8.42 Å². The van der Waals surface area contributed by atoms with Crippen LogP contribution in [0.5, 0.6) is 0 Å². The highest BCUT2D eigenvalue weighted by Crippen LogP contribution is 2.35. The Bertz CT molecular complexity index is 1230. The predicted octanol–water partition coefficient (Wildman–Crippen LogP) is 3.10. The van der Waals surface area contributed by atoms with Crippen molar-refractivity contribution >= 4 is 20.8 Å². The van der Waals surface area contributed by atoms with Gasteiger partial charge >= 0.3 is 0 Å². The SMILES string of the molecule is O=S(=O)(c1ccccc1)c1cc(-n2cccn2)c2oc3c(c2c1)CNCC3. The molecule has 1 aliphatic rings. The zero-order chi connectivity index (χ0) is 18.4. The third-order valence-corrected chi connectivity index (χ3v) is 6.62. The van der Waals surface area contributed by atoms with Crippen LogP contribution in [0.15, 0.2) is 75.1 Å². The molecule has 2 aromatic heterocycles.